The number of carbonyl (C=O) groups is 1. The average Bonchev–Trinajstić information content (AvgIpc) is 2.67. The number of rotatable bonds is 6. The molecule has 0 bridgehead atoms. The molecule has 1 aromatic heterocycles. The molecule has 0 aliphatic carbocycles. The van der Waals surface area contributed by atoms with Gasteiger partial charge in [0.05, 0.1) is 12.5 Å². The number of aryl methyl sites for hydroxylation is 1. The number of nitrogens with zero attached hydrogens (tertiary/aromatic N) is 4. The Hall–Kier alpha value is -1.93. The van der Waals surface area contributed by atoms with Crippen LogP contribution in [0.2, 0.25) is 0 Å². The summed E-state index contributed by atoms with van der Waals surface area (Å²) in [5, 5.41) is 2.99. The maximum Gasteiger partial charge on any atom is 0.224 e. The van der Waals surface area contributed by atoms with E-state index in [1.165, 1.54) is 0 Å². The van der Waals surface area contributed by atoms with Crippen LogP contribution in [0, 0.1) is 12.8 Å². The highest BCUT2D eigenvalue weighted by molar-refractivity contribution is 5.78. The Morgan fingerprint density at radius 3 is 2.78 bits per heavy atom. The van der Waals surface area contributed by atoms with Gasteiger partial charge in [-0.2, -0.15) is 4.98 Å². The van der Waals surface area contributed by atoms with Crippen LogP contribution < -0.4 is 16.0 Å². The van der Waals surface area contributed by atoms with Crippen LogP contribution in [0.25, 0.3) is 0 Å². The van der Waals surface area contributed by atoms with Crippen molar-refractivity contribution in [2.45, 2.75) is 38.6 Å². The van der Waals surface area contributed by atoms with E-state index in [1.807, 2.05) is 13.0 Å². The number of ether oxygens (including phenoxy) is 1. The van der Waals surface area contributed by atoms with Crippen LogP contribution >= 0.6 is 0 Å². The minimum atomic E-state index is 0.0953. The predicted molar refractivity (Wildman–Crippen MR) is 106 cm³/mol. The molecule has 1 aromatic rings. The number of carbonyl (C=O) groups excluding carboxylic acids is 1. The number of methoxy groups -OCH3 is 1. The number of nitrogen functional groups attached to an aromatic ring is 1. The molecular weight excluding hydrogens is 344 g/mol. The van der Waals surface area contributed by atoms with Gasteiger partial charge in [0.25, 0.3) is 0 Å². The third kappa shape index (κ3) is 5.29. The zero-order valence-electron chi connectivity index (χ0n) is 16.5. The first-order valence-electron chi connectivity index (χ1n) is 9.93. The molecule has 3 heterocycles. The van der Waals surface area contributed by atoms with Crippen LogP contribution in [-0.2, 0) is 9.53 Å². The molecule has 2 aliphatic rings. The van der Waals surface area contributed by atoms with Crippen molar-refractivity contribution in [1.29, 1.82) is 0 Å². The summed E-state index contributed by atoms with van der Waals surface area (Å²) in [6.45, 7) is 6.97. The first-order valence-corrected chi connectivity index (χ1v) is 9.93. The lowest BCUT2D eigenvalue weighted by Gasteiger charge is -2.42. The topological polar surface area (TPSA) is 96.6 Å². The summed E-state index contributed by atoms with van der Waals surface area (Å²) < 4.78 is 5.01. The monoisotopic (exact) mass is 376 g/mol. The zero-order chi connectivity index (χ0) is 19.2. The molecule has 0 saturated carbocycles. The first kappa shape index (κ1) is 19.8. The van der Waals surface area contributed by atoms with Crippen molar-refractivity contribution >= 4 is 17.7 Å². The molecule has 0 unspecified atom stereocenters. The van der Waals surface area contributed by atoms with Crippen molar-refractivity contribution in [2.75, 3.05) is 57.1 Å². The molecule has 0 aromatic carbocycles. The summed E-state index contributed by atoms with van der Waals surface area (Å²) in [7, 11) is 1.65. The number of aromatic nitrogens is 2. The summed E-state index contributed by atoms with van der Waals surface area (Å²) >= 11 is 0. The standard InChI is InChI=1S/C19H32N6O2/c1-14-12-17(23-19(20)22-14)24-9-5-16(6-10-24)25-8-3-4-15(13-25)18(26)21-7-11-27-2/h12,15-16H,3-11,13H2,1-2H3,(H,21,26)(H2,20,22,23)/t15-/m0/s1. The number of likely N-dealkylation sites (tertiary alicyclic amines) is 1. The lowest BCUT2D eigenvalue weighted by molar-refractivity contribution is -0.127. The number of anilines is 2. The Morgan fingerprint density at radius 2 is 2.07 bits per heavy atom. The molecule has 8 heteroatoms. The van der Waals surface area contributed by atoms with E-state index in [-0.39, 0.29) is 11.8 Å². The quantitative estimate of drug-likeness (QED) is 0.709. The molecule has 1 amide bonds. The van der Waals surface area contributed by atoms with E-state index in [0.29, 0.717) is 25.1 Å². The number of hydrogen-bond acceptors (Lipinski definition) is 7. The van der Waals surface area contributed by atoms with Gasteiger partial charge in [-0.15, -0.1) is 0 Å². The molecule has 3 rings (SSSR count). The molecule has 3 N–H and O–H groups in total. The van der Waals surface area contributed by atoms with Gasteiger partial charge in [0.15, 0.2) is 0 Å². The van der Waals surface area contributed by atoms with E-state index < -0.39 is 0 Å². The molecule has 8 nitrogen and oxygen atoms in total. The first-order chi connectivity index (χ1) is 13.1. The van der Waals surface area contributed by atoms with Gasteiger partial charge in [-0.3, -0.25) is 9.69 Å². The van der Waals surface area contributed by atoms with Crippen molar-refractivity contribution in [1.82, 2.24) is 20.2 Å². The number of nitrogens with one attached hydrogen (secondary N) is 1. The lowest BCUT2D eigenvalue weighted by atomic mass is 9.93. The summed E-state index contributed by atoms with van der Waals surface area (Å²) in [5.41, 5.74) is 6.70. The SMILES string of the molecule is COCCNC(=O)[C@H]1CCCN(C2CCN(c3cc(C)nc(N)n3)CC2)C1. The van der Waals surface area contributed by atoms with Gasteiger partial charge >= 0.3 is 0 Å². The second-order valence-electron chi connectivity index (χ2n) is 7.56. The summed E-state index contributed by atoms with van der Waals surface area (Å²) in [6.07, 6.45) is 4.24. The van der Waals surface area contributed by atoms with Gasteiger partial charge in [0, 0.05) is 51.1 Å². The van der Waals surface area contributed by atoms with Gasteiger partial charge in [-0.1, -0.05) is 0 Å². The van der Waals surface area contributed by atoms with Crippen LogP contribution in [-0.4, -0.2) is 73.3 Å². The Balaban J connectivity index is 1.50. The van der Waals surface area contributed by atoms with E-state index in [2.05, 4.69) is 25.1 Å². The van der Waals surface area contributed by atoms with Crippen LogP contribution in [0.3, 0.4) is 0 Å². The highest BCUT2D eigenvalue weighted by atomic mass is 16.5. The second-order valence-corrected chi connectivity index (χ2v) is 7.56. The second kappa shape index (κ2) is 9.32. The van der Waals surface area contributed by atoms with Gasteiger partial charge < -0.3 is 20.7 Å². The van der Waals surface area contributed by atoms with Gasteiger partial charge in [-0.25, -0.2) is 4.98 Å². The highest BCUT2D eigenvalue weighted by Crippen LogP contribution is 2.26. The van der Waals surface area contributed by atoms with Crippen LogP contribution in [0.4, 0.5) is 11.8 Å². The average molecular weight is 377 g/mol. The smallest absolute Gasteiger partial charge is 0.224 e. The fourth-order valence-electron chi connectivity index (χ4n) is 4.17. The van der Waals surface area contributed by atoms with Gasteiger partial charge in [0.2, 0.25) is 11.9 Å². The van der Waals surface area contributed by atoms with Crippen molar-refractivity contribution in [3.63, 3.8) is 0 Å². The number of nitrogens with two attached hydrogens (primary N) is 1. The van der Waals surface area contributed by atoms with Crippen LogP contribution in [0.15, 0.2) is 6.07 Å². The molecule has 27 heavy (non-hydrogen) atoms. The third-order valence-corrected chi connectivity index (χ3v) is 5.59. The van der Waals surface area contributed by atoms with Crippen LogP contribution in [0.5, 0.6) is 0 Å². The molecular formula is C19H32N6O2. The zero-order valence-corrected chi connectivity index (χ0v) is 16.5. The summed E-state index contributed by atoms with van der Waals surface area (Å²) in [5.74, 6) is 1.53. The number of hydrogen-bond donors (Lipinski definition) is 2. The fraction of sp³-hybridized carbons (Fsp3) is 0.737. The number of amides is 1. The van der Waals surface area contributed by atoms with Gasteiger partial charge in [-0.05, 0) is 39.2 Å². The Kier molecular flexibility index (Phi) is 6.84. The molecule has 150 valence electrons. The molecule has 2 saturated heterocycles. The molecule has 0 spiro atoms. The summed E-state index contributed by atoms with van der Waals surface area (Å²) in [6, 6.07) is 2.54. The van der Waals surface area contributed by atoms with Gasteiger partial charge in [0.1, 0.15) is 5.82 Å². The van der Waals surface area contributed by atoms with E-state index in [9.17, 15) is 4.79 Å². The lowest BCUT2D eigenvalue weighted by Crippen LogP contribution is -2.51. The Morgan fingerprint density at radius 1 is 1.30 bits per heavy atom. The Bertz CT molecular complexity index is 612. The molecule has 2 fully saturated rings. The third-order valence-electron chi connectivity index (χ3n) is 5.59. The largest absolute Gasteiger partial charge is 0.383 e. The highest BCUT2D eigenvalue weighted by Gasteiger charge is 2.31. The van der Waals surface area contributed by atoms with Crippen molar-refractivity contribution in [2.24, 2.45) is 5.92 Å². The van der Waals surface area contributed by atoms with Crippen molar-refractivity contribution in [3.05, 3.63) is 11.8 Å². The minimum absolute atomic E-state index is 0.0953. The van der Waals surface area contributed by atoms with Crippen LogP contribution in [0.1, 0.15) is 31.4 Å². The minimum Gasteiger partial charge on any atom is -0.383 e. The fourth-order valence-corrected chi connectivity index (χ4v) is 4.17. The normalized spacial score (nSPS) is 22.0. The van der Waals surface area contributed by atoms with Crippen molar-refractivity contribution in [3.8, 4) is 0 Å². The number of piperidine rings is 2. The van der Waals surface area contributed by atoms with E-state index in [1.54, 1.807) is 7.11 Å². The summed E-state index contributed by atoms with van der Waals surface area (Å²) in [4.78, 5) is 25.7. The predicted octanol–water partition coefficient (Wildman–Crippen LogP) is 0.811. The van der Waals surface area contributed by atoms with E-state index in [4.69, 9.17) is 10.5 Å². The van der Waals surface area contributed by atoms with E-state index >= 15 is 0 Å². The maximum absolute atomic E-state index is 12.4. The Labute approximate surface area is 161 Å². The molecule has 2 aliphatic heterocycles. The molecule has 1 atom stereocenters. The molecule has 0 radical (unpaired) electrons. The van der Waals surface area contributed by atoms with E-state index in [0.717, 1.165) is 63.4 Å². The van der Waals surface area contributed by atoms with Crippen molar-refractivity contribution < 1.29 is 9.53 Å². The maximum atomic E-state index is 12.4.